The Bertz CT molecular complexity index is 1660. The summed E-state index contributed by atoms with van der Waals surface area (Å²) in [5.41, 5.74) is 5.95. The van der Waals surface area contributed by atoms with E-state index in [-0.39, 0.29) is 6.04 Å². The molecule has 2 aliphatic heterocycles. The van der Waals surface area contributed by atoms with E-state index in [0.29, 0.717) is 29.1 Å². The topological polar surface area (TPSA) is 73.6 Å². The second kappa shape index (κ2) is 10.6. The molecule has 2 aromatic carbocycles. The van der Waals surface area contributed by atoms with E-state index in [1.165, 1.54) is 0 Å². The first-order valence-corrected chi connectivity index (χ1v) is 13.1. The van der Waals surface area contributed by atoms with Crippen LogP contribution < -0.4 is 15.4 Å². The zero-order valence-electron chi connectivity index (χ0n) is 20.7. The maximum atomic E-state index is 6.45. The number of hydrogen-bond donors (Lipinski definition) is 1. The summed E-state index contributed by atoms with van der Waals surface area (Å²) in [6.45, 7) is 1.41. The van der Waals surface area contributed by atoms with Crippen molar-refractivity contribution in [3.05, 3.63) is 88.3 Å². The molecule has 0 radical (unpaired) electrons. The number of fused-ring (bicyclic) bond motifs is 2. The third-order valence-corrected chi connectivity index (χ3v) is 7.34. The molecule has 0 unspecified atom stereocenters. The number of hydrogen-bond acceptors (Lipinski definition) is 6. The first kappa shape index (κ1) is 24.7. The van der Waals surface area contributed by atoms with Gasteiger partial charge in [-0.15, -0.1) is 0 Å². The van der Waals surface area contributed by atoms with Crippen molar-refractivity contribution in [2.75, 3.05) is 25.6 Å². The molecule has 0 spiro atoms. The highest BCUT2D eigenvalue weighted by Crippen LogP contribution is 2.33. The van der Waals surface area contributed by atoms with E-state index in [9.17, 15) is 0 Å². The van der Waals surface area contributed by atoms with Crippen molar-refractivity contribution in [1.82, 2.24) is 14.5 Å². The lowest BCUT2D eigenvalue weighted by Gasteiger charge is -2.22. The van der Waals surface area contributed by atoms with Crippen LogP contribution in [0.1, 0.15) is 12.8 Å². The number of pyridine rings is 1. The Morgan fingerprint density at radius 3 is 2.63 bits per heavy atom. The molecule has 9 heteroatoms. The van der Waals surface area contributed by atoms with Crippen LogP contribution in [0.5, 0.6) is 5.88 Å². The Hall–Kier alpha value is -3.65. The standard InChI is InChI=1S/C29H25Cl2N5O2/c1-37-29-23(6-4-12-32-29)35-24-16-26-28(17-25(24)33-18-10-13-38-14-11-18)36(19-8-9-20(30)21(31)15-19)27-7-3-2-5-22(27)34-26/h2-9,12,15-18,35H,10-11,13-14H2,1H3. The largest absolute Gasteiger partial charge is 0.480 e. The van der Waals surface area contributed by atoms with E-state index in [1.807, 2.05) is 60.7 Å². The molecular formula is C29H25Cl2N5O2. The van der Waals surface area contributed by atoms with Crippen molar-refractivity contribution in [1.29, 1.82) is 0 Å². The van der Waals surface area contributed by atoms with E-state index in [0.717, 1.165) is 57.7 Å². The highest BCUT2D eigenvalue weighted by atomic mass is 35.5. The molecule has 3 aromatic rings. The molecule has 7 nitrogen and oxygen atoms in total. The lowest BCUT2D eigenvalue weighted by molar-refractivity contribution is 0.0864. The number of halogens is 2. The van der Waals surface area contributed by atoms with E-state index in [1.54, 1.807) is 13.3 Å². The Morgan fingerprint density at radius 1 is 0.974 bits per heavy atom. The van der Waals surface area contributed by atoms with Gasteiger partial charge in [-0.2, -0.15) is 0 Å². The van der Waals surface area contributed by atoms with Crippen LogP contribution in [0.2, 0.25) is 10.0 Å². The monoisotopic (exact) mass is 545 g/mol. The smallest absolute Gasteiger partial charge is 0.237 e. The van der Waals surface area contributed by atoms with Crippen LogP contribution in [-0.4, -0.2) is 40.9 Å². The Labute approximate surface area is 230 Å². The fourth-order valence-corrected chi connectivity index (χ4v) is 5.05. The van der Waals surface area contributed by atoms with Gasteiger partial charge < -0.3 is 19.4 Å². The van der Waals surface area contributed by atoms with Crippen molar-refractivity contribution < 1.29 is 9.47 Å². The number of anilines is 2. The highest BCUT2D eigenvalue weighted by Gasteiger charge is 2.19. The molecule has 6 rings (SSSR count). The van der Waals surface area contributed by atoms with Crippen molar-refractivity contribution in [2.45, 2.75) is 18.9 Å². The molecule has 0 bridgehead atoms. The van der Waals surface area contributed by atoms with Crippen LogP contribution in [0.25, 0.3) is 28.1 Å². The van der Waals surface area contributed by atoms with Gasteiger partial charge in [0.25, 0.3) is 0 Å². The molecule has 1 saturated heterocycles. The van der Waals surface area contributed by atoms with Crippen molar-refractivity contribution in [3.63, 3.8) is 0 Å². The quantitative estimate of drug-likeness (QED) is 0.250. The Balaban J connectivity index is 1.63. The minimum Gasteiger partial charge on any atom is -0.480 e. The minimum atomic E-state index is 0.157. The number of aromatic nitrogens is 3. The molecule has 1 N–H and O–H groups in total. The fraction of sp³-hybridized carbons (Fsp3) is 0.207. The molecule has 192 valence electrons. The van der Waals surface area contributed by atoms with Gasteiger partial charge in [0.2, 0.25) is 5.88 Å². The predicted molar refractivity (Wildman–Crippen MR) is 151 cm³/mol. The maximum Gasteiger partial charge on any atom is 0.237 e. The molecule has 0 saturated carbocycles. The number of ether oxygens (including phenoxy) is 2. The molecule has 0 atom stereocenters. The van der Waals surface area contributed by atoms with Gasteiger partial charge in [0.15, 0.2) is 0 Å². The summed E-state index contributed by atoms with van der Waals surface area (Å²) in [6, 6.07) is 21.7. The van der Waals surface area contributed by atoms with Gasteiger partial charge in [0.1, 0.15) is 5.69 Å². The van der Waals surface area contributed by atoms with Crippen LogP contribution in [0.15, 0.2) is 77.9 Å². The number of nitrogens with one attached hydrogen (secondary N) is 1. The SMILES string of the molecule is COc1ncccc1Nc1cc2nc3ccccc3n(-c3ccc(Cl)c(Cl)c3)c-2cc1=NC1CCOCC1. The summed E-state index contributed by atoms with van der Waals surface area (Å²) >= 11 is 12.7. The molecule has 0 amide bonds. The number of methoxy groups -OCH3 is 1. The van der Waals surface area contributed by atoms with Crippen LogP contribution in [0.4, 0.5) is 11.4 Å². The first-order chi connectivity index (χ1) is 18.6. The molecular weight excluding hydrogens is 521 g/mol. The number of nitrogens with zero attached hydrogens (tertiary/aromatic N) is 4. The van der Waals surface area contributed by atoms with Crippen molar-refractivity contribution in [2.24, 2.45) is 4.99 Å². The fourth-order valence-electron chi connectivity index (χ4n) is 4.76. The molecule has 1 fully saturated rings. The highest BCUT2D eigenvalue weighted by molar-refractivity contribution is 6.42. The Kier molecular flexibility index (Phi) is 6.89. The minimum absolute atomic E-state index is 0.157. The molecule has 3 heterocycles. The zero-order chi connectivity index (χ0) is 26.1. The number of para-hydroxylation sites is 2. The number of benzene rings is 3. The molecule has 1 aromatic heterocycles. The van der Waals surface area contributed by atoms with E-state index in [2.05, 4.69) is 20.9 Å². The summed E-state index contributed by atoms with van der Waals surface area (Å²) < 4.78 is 13.2. The number of rotatable bonds is 5. The average molecular weight is 546 g/mol. The molecule has 3 aliphatic rings. The first-order valence-electron chi connectivity index (χ1n) is 12.4. The van der Waals surface area contributed by atoms with Crippen LogP contribution >= 0.6 is 23.2 Å². The summed E-state index contributed by atoms with van der Waals surface area (Å²) in [4.78, 5) is 14.5. The Morgan fingerprint density at radius 2 is 1.82 bits per heavy atom. The molecule has 1 aliphatic carbocycles. The third-order valence-electron chi connectivity index (χ3n) is 6.61. The third kappa shape index (κ3) is 4.80. The van der Waals surface area contributed by atoms with Crippen LogP contribution in [0.3, 0.4) is 0 Å². The van der Waals surface area contributed by atoms with Gasteiger partial charge >= 0.3 is 0 Å². The van der Waals surface area contributed by atoms with Crippen LogP contribution in [-0.2, 0) is 4.74 Å². The normalized spacial score (nSPS) is 14.8. The lowest BCUT2D eigenvalue weighted by atomic mass is 10.1. The summed E-state index contributed by atoms with van der Waals surface area (Å²) in [5.74, 6) is 0.502. The van der Waals surface area contributed by atoms with E-state index in [4.69, 9.17) is 42.7 Å². The van der Waals surface area contributed by atoms with Crippen molar-refractivity contribution >= 4 is 45.6 Å². The second-order valence-corrected chi connectivity index (χ2v) is 9.86. The zero-order valence-corrected chi connectivity index (χ0v) is 22.2. The summed E-state index contributed by atoms with van der Waals surface area (Å²) in [6.07, 6.45) is 3.44. The van der Waals surface area contributed by atoms with E-state index >= 15 is 0 Å². The van der Waals surface area contributed by atoms with E-state index < -0.39 is 0 Å². The summed E-state index contributed by atoms with van der Waals surface area (Å²) in [7, 11) is 1.61. The predicted octanol–water partition coefficient (Wildman–Crippen LogP) is 6.66. The second-order valence-electron chi connectivity index (χ2n) is 9.05. The van der Waals surface area contributed by atoms with Crippen LogP contribution in [0, 0.1) is 0 Å². The summed E-state index contributed by atoms with van der Waals surface area (Å²) in [5, 5.41) is 5.31. The van der Waals surface area contributed by atoms with Gasteiger partial charge in [0, 0.05) is 25.1 Å². The van der Waals surface area contributed by atoms with Gasteiger partial charge in [-0.25, -0.2) is 9.97 Å². The lowest BCUT2D eigenvalue weighted by Crippen LogP contribution is -2.23. The van der Waals surface area contributed by atoms with Gasteiger partial charge in [0.05, 0.1) is 56.7 Å². The van der Waals surface area contributed by atoms with Gasteiger partial charge in [-0.3, -0.25) is 4.99 Å². The molecule has 38 heavy (non-hydrogen) atoms. The average Bonchev–Trinajstić information content (AvgIpc) is 2.94. The van der Waals surface area contributed by atoms with Gasteiger partial charge in [-0.1, -0.05) is 35.3 Å². The van der Waals surface area contributed by atoms with Gasteiger partial charge in [-0.05, 0) is 67.4 Å². The maximum absolute atomic E-state index is 6.45. The van der Waals surface area contributed by atoms with Crippen molar-refractivity contribution in [3.8, 4) is 23.0 Å².